The minimum absolute atomic E-state index is 0.0636. The van der Waals surface area contributed by atoms with Crippen molar-refractivity contribution in [1.29, 1.82) is 0 Å². The summed E-state index contributed by atoms with van der Waals surface area (Å²) < 4.78 is 4.87. The molecule has 0 saturated heterocycles. The molecule has 0 spiro atoms. The fraction of sp³-hybridized carbons (Fsp3) is 0.250. The molecule has 0 unspecified atom stereocenters. The van der Waals surface area contributed by atoms with Gasteiger partial charge in [0.15, 0.2) is 11.5 Å². The van der Waals surface area contributed by atoms with Crippen molar-refractivity contribution in [3.05, 3.63) is 35.9 Å². The molecule has 5 heteroatoms. The standard InChI is InChI=1S/C12H14O5/c1-17-11-6-5-8(7-10(11)14)9(13)3-2-4-12(15)16/h2,4-7,9,13-14H,3H2,1H3,(H,15,16)/b4-2+/t9-/m1/s1. The van der Waals surface area contributed by atoms with E-state index in [0.29, 0.717) is 11.3 Å². The lowest BCUT2D eigenvalue weighted by molar-refractivity contribution is -0.131. The van der Waals surface area contributed by atoms with Gasteiger partial charge >= 0.3 is 5.97 Å². The molecule has 1 atom stereocenters. The highest BCUT2D eigenvalue weighted by atomic mass is 16.5. The number of aliphatic hydroxyl groups excluding tert-OH is 1. The van der Waals surface area contributed by atoms with Crippen molar-refractivity contribution in [2.45, 2.75) is 12.5 Å². The largest absolute Gasteiger partial charge is 0.504 e. The van der Waals surface area contributed by atoms with Crippen molar-refractivity contribution in [2.24, 2.45) is 0 Å². The van der Waals surface area contributed by atoms with Gasteiger partial charge in [-0.15, -0.1) is 0 Å². The van der Waals surface area contributed by atoms with Crippen LogP contribution in [-0.4, -0.2) is 28.4 Å². The number of phenolic OH excluding ortho intramolecular Hbond substituents is 1. The molecular weight excluding hydrogens is 224 g/mol. The first-order valence-electron chi connectivity index (χ1n) is 4.99. The van der Waals surface area contributed by atoms with Crippen LogP contribution in [0.3, 0.4) is 0 Å². The van der Waals surface area contributed by atoms with Crippen LogP contribution in [0.15, 0.2) is 30.4 Å². The first kappa shape index (κ1) is 13.1. The van der Waals surface area contributed by atoms with Crippen LogP contribution >= 0.6 is 0 Å². The minimum Gasteiger partial charge on any atom is -0.504 e. The number of ether oxygens (including phenoxy) is 1. The molecule has 1 aromatic rings. The summed E-state index contributed by atoms with van der Waals surface area (Å²) >= 11 is 0. The summed E-state index contributed by atoms with van der Waals surface area (Å²) in [5.74, 6) is -0.803. The van der Waals surface area contributed by atoms with Gasteiger partial charge < -0.3 is 20.1 Å². The predicted molar refractivity (Wildman–Crippen MR) is 61.0 cm³/mol. The molecule has 0 fully saturated rings. The van der Waals surface area contributed by atoms with Crippen molar-refractivity contribution < 1.29 is 24.9 Å². The third-order valence-corrected chi connectivity index (χ3v) is 2.21. The molecule has 17 heavy (non-hydrogen) atoms. The number of phenols is 1. The second-order valence-electron chi connectivity index (χ2n) is 3.42. The van der Waals surface area contributed by atoms with Gasteiger partial charge in [-0.2, -0.15) is 0 Å². The lowest BCUT2D eigenvalue weighted by Gasteiger charge is -2.10. The van der Waals surface area contributed by atoms with Crippen LogP contribution in [0.4, 0.5) is 0 Å². The van der Waals surface area contributed by atoms with E-state index in [1.165, 1.54) is 25.3 Å². The van der Waals surface area contributed by atoms with Gasteiger partial charge in [0.05, 0.1) is 13.2 Å². The molecule has 1 rings (SSSR count). The van der Waals surface area contributed by atoms with Crippen LogP contribution in [-0.2, 0) is 4.79 Å². The fourth-order valence-corrected chi connectivity index (χ4v) is 1.35. The van der Waals surface area contributed by atoms with Crippen LogP contribution in [0, 0.1) is 0 Å². The minimum atomic E-state index is -1.06. The Kier molecular flexibility index (Phi) is 4.54. The third-order valence-electron chi connectivity index (χ3n) is 2.21. The summed E-state index contributed by atoms with van der Waals surface area (Å²) in [6, 6.07) is 4.53. The van der Waals surface area contributed by atoms with E-state index in [0.717, 1.165) is 6.08 Å². The maximum atomic E-state index is 10.2. The van der Waals surface area contributed by atoms with Gasteiger partial charge in [0.1, 0.15) is 0 Å². The third kappa shape index (κ3) is 3.81. The molecule has 5 nitrogen and oxygen atoms in total. The van der Waals surface area contributed by atoms with E-state index in [4.69, 9.17) is 9.84 Å². The molecule has 0 aromatic heterocycles. The van der Waals surface area contributed by atoms with E-state index in [2.05, 4.69) is 0 Å². The van der Waals surface area contributed by atoms with E-state index >= 15 is 0 Å². The number of aromatic hydroxyl groups is 1. The lowest BCUT2D eigenvalue weighted by Crippen LogP contribution is -1.97. The topological polar surface area (TPSA) is 87.0 Å². The van der Waals surface area contributed by atoms with Crippen molar-refractivity contribution in [3.8, 4) is 11.5 Å². The maximum Gasteiger partial charge on any atom is 0.327 e. The summed E-state index contributed by atoms with van der Waals surface area (Å²) in [7, 11) is 1.43. The zero-order chi connectivity index (χ0) is 12.8. The number of rotatable bonds is 5. The number of aliphatic hydroxyl groups is 1. The van der Waals surface area contributed by atoms with E-state index in [-0.39, 0.29) is 12.2 Å². The molecule has 92 valence electrons. The zero-order valence-corrected chi connectivity index (χ0v) is 9.33. The summed E-state index contributed by atoms with van der Waals surface area (Å²) in [6.45, 7) is 0. The highest BCUT2D eigenvalue weighted by Crippen LogP contribution is 2.29. The Morgan fingerprint density at radius 2 is 2.24 bits per heavy atom. The Labute approximate surface area is 98.6 Å². The first-order chi connectivity index (χ1) is 8.04. The smallest absolute Gasteiger partial charge is 0.327 e. The van der Waals surface area contributed by atoms with E-state index in [9.17, 15) is 15.0 Å². The molecule has 1 aromatic carbocycles. The molecule has 0 heterocycles. The highest BCUT2D eigenvalue weighted by Gasteiger charge is 2.09. The molecule has 3 N–H and O–H groups in total. The van der Waals surface area contributed by atoms with Gasteiger partial charge in [0.2, 0.25) is 0 Å². The highest BCUT2D eigenvalue weighted by molar-refractivity contribution is 5.79. The number of carbonyl (C=O) groups is 1. The van der Waals surface area contributed by atoms with Gasteiger partial charge in [-0.1, -0.05) is 12.1 Å². The van der Waals surface area contributed by atoms with E-state index < -0.39 is 12.1 Å². The predicted octanol–water partition coefficient (Wildman–Crippen LogP) is 1.47. The molecule has 0 aliphatic rings. The number of carboxylic acids is 1. The molecule has 0 aliphatic heterocycles. The van der Waals surface area contributed by atoms with Gasteiger partial charge in [-0.05, 0) is 24.1 Å². The van der Waals surface area contributed by atoms with Crippen molar-refractivity contribution in [3.63, 3.8) is 0 Å². The summed E-state index contributed by atoms with van der Waals surface area (Å²) in [4.78, 5) is 10.2. The average Bonchev–Trinajstić information content (AvgIpc) is 2.28. The van der Waals surface area contributed by atoms with Crippen LogP contribution < -0.4 is 4.74 Å². The van der Waals surface area contributed by atoms with E-state index in [1.54, 1.807) is 6.07 Å². The molecule has 0 radical (unpaired) electrons. The second kappa shape index (κ2) is 5.91. The first-order valence-corrected chi connectivity index (χ1v) is 4.99. The lowest BCUT2D eigenvalue weighted by atomic mass is 10.1. The van der Waals surface area contributed by atoms with E-state index in [1.807, 2.05) is 0 Å². The molecular formula is C12H14O5. The van der Waals surface area contributed by atoms with Crippen LogP contribution in [0.1, 0.15) is 18.1 Å². The quantitative estimate of drug-likeness (QED) is 0.676. The average molecular weight is 238 g/mol. The fourth-order valence-electron chi connectivity index (χ4n) is 1.35. The number of aliphatic carboxylic acids is 1. The number of hydrogen-bond donors (Lipinski definition) is 3. The Bertz CT molecular complexity index is 425. The van der Waals surface area contributed by atoms with Crippen molar-refractivity contribution in [1.82, 2.24) is 0 Å². The van der Waals surface area contributed by atoms with Crippen molar-refractivity contribution in [2.75, 3.05) is 7.11 Å². The SMILES string of the molecule is COc1ccc([C@H](O)C/C=C/C(=O)O)cc1O. The van der Waals surface area contributed by atoms with Gasteiger partial charge in [0.25, 0.3) is 0 Å². The van der Waals surface area contributed by atoms with Crippen LogP contribution in [0.2, 0.25) is 0 Å². The molecule has 0 bridgehead atoms. The monoisotopic (exact) mass is 238 g/mol. The van der Waals surface area contributed by atoms with Gasteiger partial charge in [-0.3, -0.25) is 0 Å². The zero-order valence-electron chi connectivity index (χ0n) is 9.33. The number of methoxy groups -OCH3 is 1. The van der Waals surface area contributed by atoms with Crippen molar-refractivity contribution >= 4 is 5.97 Å². The Balaban J connectivity index is 2.72. The Hall–Kier alpha value is -2.01. The second-order valence-corrected chi connectivity index (χ2v) is 3.42. The maximum absolute atomic E-state index is 10.2. The van der Waals surface area contributed by atoms with Crippen LogP contribution in [0.25, 0.3) is 0 Å². The molecule has 0 saturated carbocycles. The number of hydrogen-bond acceptors (Lipinski definition) is 4. The number of benzene rings is 1. The summed E-state index contributed by atoms with van der Waals surface area (Å²) in [5, 5.41) is 27.6. The number of carboxylic acid groups (broad SMARTS) is 1. The Morgan fingerprint density at radius 3 is 2.76 bits per heavy atom. The van der Waals surface area contributed by atoms with Gasteiger partial charge in [-0.25, -0.2) is 4.79 Å². The molecule has 0 amide bonds. The molecule has 0 aliphatic carbocycles. The van der Waals surface area contributed by atoms with Crippen LogP contribution in [0.5, 0.6) is 11.5 Å². The Morgan fingerprint density at radius 1 is 1.53 bits per heavy atom. The summed E-state index contributed by atoms with van der Waals surface area (Å²) in [5.41, 5.74) is 0.498. The van der Waals surface area contributed by atoms with Gasteiger partial charge in [0, 0.05) is 6.08 Å². The normalized spacial score (nSPS) is 12.6. The summed E-state index contributed by atoms with van der Waals surface area (Å²) in [6.07, 6.45) is 1.63.